The lowest BCUT2D eigenvalue weighted by molar-refractivity contribution is -0.00988. The molecule has 1 saturated heterocycles. The quantitative estimate of drug-likeness (QED) is 0.901. The van der Waals surface area contributed by atoms with Crippen molar-refractivity contribution in [3.05, 3.63) is 34.3 Å². The minimum Gasteiger partial charge on any atom is -0.378 e. The molecule has 1 saturated carbocycles. The molecule has 2 heterocycles. The molecule has 4 rings (SSSR count). The minimum atomic E-state index is 0.0621. The first kappa shape index (κ1) is 15.3. The maximum absolute atomic E-state index is 12.6. The van der Waals surface area contributed by atoms with Gasteiger partial charge in [0.15, 0.2) is 0 Å². The number of rotatable bonds is 2. The van der Waals surface area contributed by atoms with E-state index in [2.05, 4.69) is 5.32 Å². The molecule has 1 aromatic rings. The number of hydrogen-bond donors (Lipinski definition) is 1. The fourth-order valence-corrected chi connectivity index (χ4v) is 3.91. The summed E-state index contributed by atoms with van der Waals surface area (Å²) in [6, 6.07) is 6.28. The van der Waals surface area contributed by atoms with Crippen LogP contribution in [0.3, 0.4) is 0 Å². The second-order valence-corrected chi connectivity index (χ2v) is 7.44. The average molecular weight is 335 g/mol. The Balaban J connectivity index is 1.35. The molecule has 4 nitrogen and oxygen atoms in total. The number of ether oxygens (including phenoxy) is 1. The largest absolute Gasteiger partial charge is 0.378 e. The summed E-state index contributed by atoms with van der Waals surface area (Å²) in [5.41, 5.74) is 2.47. The van der Waals surface area contributed by atoms with E-state index in [0.717, 1.165) is 43.4 Å². The lowest BCUT2D eigenvalue weighted by Crippen LogP contribution is -2.49. The van der Waals surface area contributed by atoms with Crippen LogP contribution in [0.1, 0.15) is 36.8 Å². The molecule has 0 aromatic heterocycles. The zero-order valence-corrected chi connectivity index (χ0v) is 14.0. The number of amides is 2. The van der Waals surface area contributed by atoms with Gasteiger partial charge in [0.2, 0.25) is 0 Å². The Labute approximate surface area is 142 Å². The van der Waals surface area contributed by atoms with Gasteiger partial charge in [-0.15, -0.1) is 0 Å². The van der Waals surface area contributed by atoms with Crippen LogP contribution in [0.2, 0.25) is 5.02 Å². The van der Waals surface area contributed by atoms with Gasteiger partial charge in [-0.1, -0.05) is 17.7 Å². The first-order valence-electron chi connectivity index (χ1n) is 8.63. The molecule has 2 aliphatic heterocycles. The molecule has 2 atom stereocenters. The van der Waals surface area contributed by atoms with Gasteiger partial charge in [0.05, 0.1) is 6.10 Å². The number of carbonyl (C=O) groups excluding carboxylic acids is 1. The van der Waals surface area contributed by atoms with Crippen LogP contribution in [-0.4, -0.2) is 36.2 Å². The molecule has 1 aromatic carbocycles. The molecule has 0 unspecified atom stereocenters. The van der Waals surface area contributed by atoms with Gasteiger partial charge in [-0.05, 0) is 61.3 Å². The van der Waals surface area contributed by atoms with Crippen LogP contribution in [0.5, 0.6) is 0 Å². The van der Waals surface area contributed by atoms with E-state index in [9.17, 15) is 4.79 Å². The number of fused-ring (bicyclic) bond motifs is 1. The first-order chi connectivity index (χ1) is 11.2. The standard InChI is InChI=1S/C18H23ClN2O2/c19-15-4-3-14-11-21(7-5-13(14)9-15)18(22)20-16-6-8-23-17(10-16)12-1-2-12/h3-4,9,12,16-17H,1-2,5-8,10-11H2,(H,20,22)/t16-,17+/m0/s1. The highest BCUT2D eigenvalue weighted by atomic mass is 35.5. The first-order valence-corrected chi connectivity index (χ1v) is 9.01. The van der Waals surface area contributed by atoms with Crippen molar-refractivity contribution >= 4 is 17.6 Å². The van der Waals surface area contributed by atoms with E-state index in [1.165, 1.54) is 24.0 Å². The summed E-state index contributed by atoms with van der Waals surface area (Å²) >= 11 is 6.04. The molecule has 1 N–H and O–H groups in total. The molecule has 0 bridgehead atoms. The van der Waals surface area contributed by atoms with E-state index in [-0.39, 0.29) is 12.1 Å². The van der Waals surface area contributed by atoms with Crippen molar-refractivity contribution in [1.29, 1.82) is 0 Å². The third-order valence-electron chi connectivity index (χ3n) is 5.26. The number of benzene rings is 1. The molecule has 2 amide bonds. The van der Waals surface area contributed by atoms with Crippen molar-refractivity contribution in [3.8, 4) is 0 Å². The number of nitrogens with one attached hydrogen (secondary N) is 1. The van der Waals surface area contributed by atoms with E-state index in [1.54, 1.807) is 0 Å². The van der Waals surface area contributed by atoms with Crippen LogP contribution in [-0.2, 0) is 17.7 Å². The van der Waals surface area contributed by atoms with Gasteiger partial charge in [0.25, 0.3) is 0 Å². The van der Waals surface area contributed by atoms with E-state index in [1.807, 2.05) is 23.1 Å². The molecule has 5 heteroatoms. The van der Waals surface area contributed by atoms with Crippen molar-refractivity contribution in [3.63, 3.8) is 0 Å². The Hall–Kier alpha value is -1.26. The van der Waals surface area contributed by atoms with Crippen molar-refractivity contribution in [2.24, 2.45) is 5.92 Å². The zero-order valence-electron chi connectivity index (χ0n) is 13.3. The summed E-state index contributed by atoms with van der Waals surface area (Å²) in [5.74, 6) is 0.737. The average Bonchev–Trinajstić information content (AvgIpc) is 3.39. The van der Waals surface area contributed by atoms with Gasteiger partial charge >= 0.3 is 6.03 Å². The molecule has 1 aliphatic carbocycles. The number of halogens is 1. The second-order valence-electron chi connectivity index (χ2n) is 7.00. The minimum absolute atomic E-state index is 0.0621. The molecule has 3 aliphatic rings. The highest BCUT2D eigenvalue weighted by molar-refractivity contribution is 6.30. The number of nitrogens with zero attached hydrogens (tertiary/aromatic N) is 1. The van der Waals surface area contributed by atoms with Crippen LogP contribution >= 0.6 is 11.6 Å². The fourth-order valence-electron chi connectivity index (χ4n) is 3.72. The molecule has 23 heavy (non-hydrogen) atoms. The highest BCUT2D eigenvalue weighted by Gasteiger charge is 2.36. The molecule has 124 valence electrons. The Morgan fingerprint density at radius 1 is 1.26 bits per heavy atom. The lowest BCUT2D eigenvalue weighted by Gasteiger charge is -2.34. The summed E-state index contributed by atoms with van der Waals surface area (Å²) in [7, 11) is 0. The van der Waals surface area contributed by atoms with Gasteiger partial charge in [-0.3, -0.25) is 0 Å². The summed E-state index contributed by atoms with van der Waals surface area (Å²) < 4.78 is 5.84. The van der Waals surface area contributed by atoms with Gasteiger partial charge in [0.1, 0.15) is 0 Å². The summed E-state index contributed by atoms with van der Waals surface area (Å²) in [6.07, 6.45) is 5.71. The topological polar surface area (TPSA) is 41.6 Å². The zero-order chi connectivity index (χ0) is 15.8. The Morgan fingerprint density at radius 2 is 2.13 bits per heavy atom. The summed E-state index contributed by atoms with van der Waals surface area (Å²) in [6.45, 7) is 2.20. The normalized spacial score (nSPS) is 27.4. The van der Waals surface area contributed by atoms with E-state index in [4.69, 9.17) is 16.3 Å². The molecule has 0 spiro atoms. The molecule has 0 radical (unpaired) electrons. The van der Waals surface area contributed by atoms with Crippen molar-refractivity contribution < 1.29 is 9.53 Å². The monoisotopic (exact) mass is 334 g/mol. The van der Waals surface area contributed by atoms with E-state index < -0.39 is 0 Å². The van der Waals surface area contributed by atoms with Crippen LogP contribution < -0.4 is 5.32 Å². The lowest BCUT2D eigenvalue weighted by atomic mass is 9.99. The SMILES string of the molecule is O=C(N[C@H]1CCO[C@@H](C2CC2)C1)N1CCc2cc(Cl)ccc2C1. The van der Waals surface area contributed by atoms with Crippen molar-refractivity contribution in [2.45, 2.75) is 50.8 Å². The number of carbonyl (C=O) groups is 1. The van der Waals surface area contributed by atoms with Crippen LogP contribution in [0.15, 0.2) is 18.2 Å². The van der Waals surface area contributed by atoms with Crippen LogP contribution in [0.25, 0.3) is 0 Å². The van der Waals surface area contributed by atoms with Gasteiger partial charge in [-0.2, -0.15) is 0 Å². The maximum atomic E-state index is 12.6. The highest BCUT2D eigenvalue weighted by Crippen LogP contribution is 2.38. The van der Waals surface area contributed by atoms with Crippen LogP contribution in [0.4, 0.5) is 4.79 Å². The Bertz CT molecular complexity index is 603. The molecule has 2 fully saturated rings. The maximum Gasteiger partial charge on any atom is 0.317 e. The molecular weight excluding hydrogens is 312 g/mol. The predicted octanol–water partition coefficient (Wildman–Crippen LogP) is 3.37. The summed E-state index contributed by atoms with van der Waals surface area (Å²) in [4.78, 5) is 14.5. The Morgan fingerprint density at radius 3 is 2.96 bits per heavy atom. The third-order valence-corrected chi connectivity index (χ3v) is 5.49. The second kappa shape index (κ2) is 6.33. The van der Waals surface area contributed by atoms with E-state index in [0.29, 0.717) is 12.6 Å². The smallest absolute Gasteiger partial charge is 0.317 e. The van der Waals surface area contributed by atoms with Crippen molar-refractivity contribution in [2.75, 3.05) is 13.2 Å². The van der Waals surface area contributed by atoms with Gasteiger partial charge in [0, 0.05) is 30.8 Å². The third kappa shape index (κ3) is 3.48. The Kier molecular flexibility index (Phi) is 4.20. The summed E-state index contributed by atoms with van der Waals surface area (Å²) in [5, 5.41) is 4.00. The predicted molar refractivity (Wildman–Crippen MR) is 89.6 cm³/mol. The number of hydrogen-bond acceptors (Lipinski definition) is 2. The van der Waals surface area contributed by atoms with E-state index >= 15 is 0 Å². The number of urea groups is 1. The van der Waals surface area contributed by atoms with Crippen molar-refractivity contribution in [1.82, 2.24) is 10.2 Å². The fraction of sp³-hybridized carbons (Fsp3) is 0.611. The van der Waals surface area contributed by atoms with Gasteiger partial charge in [-0.25, -0.2) is 4.79 Å². The molecular formula is C18H23ClN2O2. The van der Waals surface area contributed by atoms with Gasteiger partial charge < -0.3 is 15.0 Å². The van der Waals surface area contributed by atoms with Crippen LogP contribution in [0, 0.1) is 5.92 Å².